The van der Waals surface area contributed by atoms with Crippen LogP contribution in [0.3, 0.4) is 0 Å². The van der Waals surface area contributed by atoms with E-state index in [4.69, 9.17) is 5.26 Å². The van der Waals surface area contributed by atoms with E-state index in [0.29, 0.717) is 12.6 Å². The highest BCUT2D eigenvalue weighted by Gasteiger charge is 2.16. The predicted molar refractivity (Wildman–Crippen MR) is 78.9 cm³/mol. The molecule has 0 bridgehead atoms. The van der Waals surface area contributed by atoms with E-state index in [1.807, 2.05) is 23.0 Å². The molecule has 0 spiro atoms. The predicted octanol–water partition coefficient (Wildman–Crippen LogP) is 2.47. The van der Waals surface area contributed by atoms with Crippen molar-refractivity contribution < 1.29 is 0 Å². The lowest BCUT2D eigenvalue weighted by Crippen LogP contribution is -2.22. The third kappa shape index (κ3) is 2.89. The number of nitriles is 1. The maximum absolute atomic E-state index is 12.0. The maximum Gasteiger partial charge on any atom is 0.268 e. The molecule has 2 aromatic rings. The van der Waals surface area contributed by atoms with Crippen LogP contribution in [0, 0.1) is 11.3 Å². The van der Waals surface area contributed by atoms with Crippen molar-refractivity contribution in [2.75, 3.05) is 0 Å². The molecule has 0 aromatic carbocycles. The van der Waals surface area contributed by atoms with E-state index >= 15 is 0 Å². The lowest BCUT2D eigenvalue weighted by molar-refractivity contribution is 0.328. The summed E-state index contributed by atoms with van der Waals surface area (Å²) in [7, 11) is 0. The molecule has 21 heavy (non-hydrogen) atoms. The summed E-state index contributed by atoms with van der Waals surface area (Å²) >= 11 is 0. The topological polar surface area (TPSA) is 63.6 Å². The van der Waals surface area contributed by atoms with Gasteiger partial charge >= 0.3 is 0 Å². The Kier molecular flexibility index (Phi) is 3.87. The fraction of sp³-hybridized carbons (Fsp3) is 0.438. The zero-order valence-corrected chi connectivity index (χ0v) is 11.9. The monoisotopic (exact) mass is 282 g/mol. The van der Waals surface area contributed by atoms with Gasteiger partial charge in [0.15, 0.2) is 0 Å². The van der Waals surface area contributed by atoms with E-state index in [2.05, 4.69) is 5.10 Å². The van der Waals surface area contributed by atoms with E-state index in [1.54, 1.807) is 18.3 Å². The Bertz CT molecular complexity index is 716. The van der Waals surface area contributed by atoms with E-state index in [9.17, 15) is 4.79 Å². The largest absolute Gasteiger partial charge is 0.308 e. The summed E-state index contributed by atoms with van der Waals surface area (Å²) in [5, 5.41) is 13.5. The van der Waals surface area contributed by atoms with Gasteiger partial charge < -0.3 is 4.57 Å². The highest BCUT2D eigenvalue weighted by Crippen LogP contribution is 2.27. The van der Waals surface area contributed by atoms with Gasteiger partial charge in [-0.25, -0.2) is 0 Å². The van der Waals surface area contributed by atoms with E-state index in [1.165, 1.54) is 36.7 Å². The molecule has 108 valence electrons. The molecule has 1 saturated carbocycles. The molecule has 5 nitrogen and oxygen atoms in total. The van der Waals surface area contributed by atoms with Crippen LogP contribution in [-0.2, 0) is 6.54 Å². The maximum atomic E-state index is 12.0. The van der Waals surface area contributed by atoms with Gasteiger partial charge in [0.05, 0.1) is 18.3 Å². The molecule has 2 aromatic heterocycles. The Hall–Kier alpha value is -2.35. The fourth-order valence-electron chi connectivity index (χ4n) is 2.93. The molecule has 0 atom stereocenters. The zero-order chi connectivity index (χ0) is 14.7. The number of pyridine rings is 1. The van der Waals surface area contributed by atoms with Crippen LogP contribution in [0.4, 0.5) is 0 Å². The van der Waals surface area contributed by atoms with Gasteiger partial charge in [-0.3, -0.25) is 9.48 Å². The number of rotatable bonds is 3. The second-order valence-corrected chi connectivity index (χ2v) is 5.55. The van der Waals surface area contributed by atoms with Crippen LogP contribution in [0.25, 0.3) is 0 Å². The zero-order valence-electron chi connectivity index (χ0n) is 11.9. The summed E-state index contributed by atoms with van der Waals surface area (Å²) in [5.74, 6) is 0. The minimum atomic E-state index is -0.257. The molecule has 1 aliphatic carbocycles. The van der Waals surface area contributed by atoms with Crippen molar-refractivity contribution in [3.8, 4) is 6.07 Å². The quantitative estimate of drug-likeness (QED) is 0.868. The summed E-state index contributed by atoms with van der Waals surface area (Å²) in [5.41, 5.74) is 0.772. The first-order valence-electron chi connectivity index (χ1n) is 7.41. The molecule has 0 saturated heterocycles. The Morgan fingerprint density at radius 1 is 1.24 bits per heavy atom. The highest BCUT2D eigenvalue weighted by molar-refractivity contribution is 5.25. The second kappa shape index (κ2) is 5.96. The number of aromatic nitrogens is 3. The number of hydrogen-bond acceptors (Lipinski definition) is 3. The molecule has 0 amide bonds. The summed E-state index contributed by atoms with van der Waals surface area (Å²) in [6, 6.07) is 7.63. The smallest absolute Gasteiger partial charge is 0.268 e. The van der Waals surface area contributed by atoms with E-state index in [0.717, 1.165) is 5.69 Å². The Morgan fingerprint density at radius 3 is 2.81 bits per heavy atom. The van der Waals surface area contributed by atoms with Crippen molar-refractivity contribution in [2.45, 2.75) is 44.7 Å². The molecule has 0 aliphatic heterocycles. The van der Waals surface area contributed by atoms with Crippen LogP contribution in [0.5, 0.6) is 0 Å². The summed E-state index contributed by atoms with van der Waals surface area (Å²) in [6.45, 7) is 0.411. The third-order valence-corrected chi connectivity index (χ3v) is 4.09. The van der Waals surface area contributed by atoms with Gasteiger partial charge in [0.1, 0.15) is 11.6 Å². The van der Waals surface area contributed by atoms with E-state index < -0.39 is 0 Å². The van der Waals surface area contributed by atoms with Gasteiger partial charge in [0.25, 0.3) is 5.56 Å². The van der Waals surface area contributed by atoms with Crippen molar-refractivity contribution in [3.63, 3.8) is 0 Å². The van der Waals surface area contributed by atoms with Gasteiger partial charge in [-0.15, -0.1) is 0 Å². The molecule has 1 fully saturated rings. The van der Waals surface area contributed by atoms with Crippen LogP contribution in [0.1, 0.15) is 49.4 Å². The minimum Gasteiger partial charge on any atom is -0.308 e. The molecule has 3 rings (SSSR count). The summed E-state index contributed by atoms with van der Waals surface area (Å²) < 4.78 is 3.57. The summed E-state index contributed by atoms with van der Waals surface area (Å²) in [6.07, 6.45) is 9.93. The van der Waals surface area contributed by atoms with Crippen molar-refractivity contribution in [1.82, 2.24) is 14.3 Å². The second-order valence-electron chi connectivity index (χ2n) is 5.55. The normalized spacial score (nSPS) is 15.8. The molecular weight excluding hydrogens is 264 g/mol. The third-order valence-electron chi connectivity index (χ3n) is 4.09. The lowest BCUT2D eigenvalue weighted by atomic mass is 9.96. The lowest BCUT2D eigenvalue weighted by Gasteiger charge is -2.21. The van der Waals surface area contributed by atoms with Gasteiger partial charge in [0, 0.05) is 12.4 Å². The molecular formula is C16H18N4O. The SMILES string of the molecule is N#Cc1cccn(Cc2ccn(C3CCCCC3)n2)c1=O. The first-order chi connectivity index (χ1) is 10.3. The standard InChI is InChI=1S/C16H18N4O/c17-11-13-5-4-9-19(16(13)21)12-14-8-10-20(18-14)15-6-2-1-3-7-15/h4-5,8-10,15H,1-3,6-7,12H2. The molecule has 5 heteroatoms. The van der Waals surface area contributed by atoms with Crippen LogP contribution in [0.2, 0.25) is 0 Å². The van der Waals surface area contributed by atoms with Gasteiger partial charge in [0.2, 0.25) is 0 Å². The number of nitrogens with zero attached hydrogens (tertiary/aromatic N) is 4. The van der Waals surface area contributed by atoms with Crippen LogP contribution in [-0.4, -0.2) is 14.3 Å². The highest BCUT2D eigenvalue weighted by atomic mass is 16.1. The van der Waals surface area contributed by atoms with Gasteiger partial charge in [-0.1, -0.05) is 19.3 Å². The molecule has 2 heterocycles. The first-order valence-corrected chi connectivity index (χ1v) is 7.41. The molecule has 0 N–H and O–H groups in total. The first kappa shape index (κ1) is 13.6. The molecule has 0 unspecified atom stereocenters. The van der Waals surface area contributed by atoms with Crippen LogP contribution >= 0.6 is 0 Å². The van der Waals surface area contributed by atoms with Crippen LogP contribution in [0.15, 0.2) is 35.4 Å². The summed E-state index contributed by atoms with van der Waals surface area (Å²) in [4.78, 5) is 12.0. The Morgan fingerprint density at radius 2 is 2.05 bits per heavy atom. The molecule has 1 aliphatic rings. The van der Waals surface area contributed by atoms with Crippen molar-refractivity contribution in [2.24, 2.45) is 0 Å². The Labute approximate surface area is 123 Å². The molecule has 0 radical (unpaired) electrons. The van der Waals surface area contributed by atoms with Crippen molar-refractivity contribution >= 4 is 0 Å². The van der Waals surface area contributed by atoms with E-state index in [-0.39, 0.29) is 11.1 Å². The van der Waals surface area contributed by atoms with Crippen molar-refractivity contribution in [1.29, 1.82) is 5.26 Å². The number of hydrogen-bond donors (Lipinski definition) is 0. The average molecular weight is 282 g/mol. The average Bonchev–Trinajstić information content (AvgIpc) is 2.99. The minimum absolute atomic E-state index is 0.171. The van der Waals surface area contributed by atoms with Gasteiger partial charge in [-0.05, 0) is 31.0 Å². The Balaban J connectivity index is 1.79. The van der Waals surface area contributed by atoms with Crippen LogP contribution < -0.4 is 5.56 Å². The van der Waals surface area contributed by atoms with Crippen molar-refractivity contribution in [3.05, 3.63) is 52.2 Å². The fourth-order valence-corrected chi connectivity index (χ4v) is 2.93. The van der Waals surface area contributed by atoms with Gasteiger partial charge in [-0.2, -0.15) is 10.4 Å².